The maximum absolute atomic E-state index is 13.4. The first kappa shape index (κ1) is 29.7. The Labute approximate surface area is 228 Å². The fraction of sp³-hybridized carbons (Fsp3) is 0.576. The van der Waals surface area contributed by atoms with Crippen LogP contribution < -0.4 is 10.3 Å². The van der Waals surface area contributed by atoms with Gasteiger partial charge in [-0.25, -0.2) is 0 Å². The van der Waals surface area contributed by atoms with Gasteiger partial charge >= 0.3 is 5.97 Å². The van der Waals surface area contributed by atoms with E-state index in [2.05, 4.69) is 45.9 Å². The van der Waals surface area contributed by atoms with Gasteiger partial charge in [0.25, 0.3) is 5.56 Å². The van der Waals surface area contributed by atoms with Gasteiger partial charge in [-0.3, -0.25) is 9.59 Å². The molecule has 38 heavy (non-hydrogen) atoms. The molecular weight excluding hydrogens is 474 g/mol. The van der Waals surface area contributed by atoms with Crippen LogP contribution in [0.3, 0.4) is 0 Å². The van der Waals surface area contributed by atoms with Gasteiger partial charge in [0.15, 0.2) is 0 Å². The zero-order valence-corrected chi connectivity index (χ0v) is 24.9. The van der Waals surface area contributed by atoms with Crippen molar-refractivity contribution in [1.82, 2.24) is 4.57 Å². The lowest BCUT2D eigenvalue weighted by atomic mass is 9.66. The highest BCUT2D eigenvalue weighted by atomic mass is 16.5. The molecule has 3 rings (SSSR count). The summed E-state index contributed by atoms with van der Waals surface area (Å²) < 4.78 is 13.9. The molecule has 5 nitrogen and oxygen atoms in total. The van der Waals surface area contributed by atoms with Crippen LogP contribution in [-0.4, -0.2) is 23.8 Å². The highest BCUT2D eigenvalue weighted by Gasteiger charge is 2.38. The molecule has 1 heterocycles. The van der Waals surface area contributed by atoms with Crippen LogP contribution in [0.5, 0.6) is 5.75 Å². The zero-order valence-electron chi connectivity index (χ0n) is 24.9. The summed E-state index contributed by atoms with van der Waals surface area (Å²) in [5, 5.41) is 0.994. The Morgan fingerprint density at radius 2 is 1.74 bits per heavy atom. The van der Waals surface area contributed by atoms with E-state index < -0.39 is 5.41 Å². The molecule has 0 spiro atoms. The summed E-state index contributed by atoms with van der Waals surface area (Å²) in [7, 11) is 0. The number of rotatable bonds is 11. The number of hydrogen-bond acceptors (Lipinski definition) is 4. The lowest BCUT2D eigenvalue weighted by Crippen LogP contribution is -2.39. The normalized spacial score (nSPS) is 14.6. The predicted octanol–water partition coefficient (Wildman–Crippen LogP) is 8.12. The van der Waals surface area contributed by atoms with Crippen LogP contribution in [0.15, 0.2) is 47.3 Å². The SMILES string of the molecule is CCC(C)(C)C(=O)OCCC(C)(C)C(C)(C)COc1ccc2c(c1)cc(C1=CCCC=C1)c(=O)n2C(C)C. The van der Waals surface area contributed by atoms with Crippen molar-refractivity contribution in [3.63, 3.8) is 0 Å². The number of carbonyl (C=O) groups excluding carboxylic acids is 1. The molecule has 0 unspecified atom stereocenters. The van der Waals surface area contributed by atoms with E-state index in [0.29, 0.717) is 13.2 Å². The van der Waals surface area contributed by atoms with Gasteiger partial charge < -0.3 is 14.0 Å². The lowest BCUT2D eigenvalue weighted by Gasteiger charge is -2.41. The summed E-state index contributed by atoms with van der Waals surface area (Å²) in [4.78, 5) is 25.8. The summed E-state index contributed by atoms with van der Waals surface area (Å²) in [5.41, 5.74) is 1.95. The smallest absolute Gasteiger partial charge is 0.311 e. The fourth-order valence-electron chi connectivity index (χ4n) is 4.48. The molecule has 0 aliphatic heterocycles. The van der Waals surface area contributed by atoms with Gasteiger partial charge in [-0.1, -0.05) is 52.8 Å². The Balaban J connectivity index is 1.79. The van der Waals surface area contributed by atoms with Crippen molar-refractivity contribution in [2.45, 2.75) is 94.0 Å². The first-order chi connectivity index (χ1) is 17.7. The van der Waals surface area contributed by atoms with Crippen molar-refractivity contribution >= 4 is 22.4 Å². The summed E-state index contributed by atoms with van der Waals surface area (Å²) in [5.74, 6) is 0.644. The second kappa shape index (κ2) is 11.5. The van der Waals surface area contributed by atoms with Gasteiger partial charge in [0, 0.05) is 22.4 Å². The number of nitrogens with zero attached hydrogens (tertiary/aromatic N) is 1. The van der Waals surface area contributed by atoms with Crippen LogP contribution in [0.2, 0.25) is 0 Å². The minimum atomic E-state index is -0.455. The largest absolute Gasteiger partial charge is 0.493 e. The van der Waals surface area contributed by atoms with E-state index in [4.69, 9.17) is 9.47 Å². The third-order valence-corrected chi connectivity index (χ3v) is 8.66. The average Bonchev–Trinajstić information content (AvgIpc) is 2.87. The van der Waals surface area contributed by atoms with Gasteiger partial charge in [0.2, 0.25) is 0 Å². The molecule has 0 bridgehead atoms. The second-order valence-electron chi connectivity index (χ2n) is 12.9. The van der Waals surface area contributed by atoms with Crippen molar-refractivity contribution in [2.75, 3.05) is 13.2 Å². The first-order valence-electron chi connectivity index (χ1n) is 14.1. The number of carbonyl (C=O) groups is 1. The van der Waals surface area contributed by atoms with Gasteiger partial charge in [0.05, 0.1) is 24.1 Å². The number of benzene rings is 1. The van der Waals surface area contributed by atoms with Gasteiger partial charge in [0.1, 0.15) is 5.75 Å². The van der Waals surface area contributed by atoms with Gasteiger partial charge in [-0.2, -0.15) is 0 Å². The lowest BCUT2D eigenvalue weighted by molar-refractivity contribution is -0.155. The number of esters is 1. The van der Waals surface area contributed by atoms with Gasteiger partial charge in [-0.05, 0) is 88.6 Å². The third-order valence-electron chi connectivity index (χ3n) is 8.66. The first-order valence-corrected chi connectivity index (χ1v) is 14.1. The highest BCUT2D eigenvalue weighted by Crippen LogP contribution is 2.42. The molecule has 208 valence electrons. The van der Waals surface area contributed by atoms with E-state index in [0.717, 1.165) is 53.5 Å². The Bertz CT molecular complexity index is 1270. The van der Waals surface area contributed by atoms with E-state index in [1.165, 1.54) is 0 Å². The molecule has 1 aliphatic rings. The van der Waals surface area contributed by atoms with Crippen molar-refractivity contribution in [1.29, 1.82) is 0 Å². The van der Waals surface area contributed by atoms with Gasteiger partial charge in [-0.15, -0.1) is 0 Å². The number of aromatic nitrogens is 1. The summed E-state index contributed by atoms with van der Waals surface area (Å²) >= 11 is 0. The predicted molar refractivity (Wildman–Crippen MR) is 158 cm³/mol. The van der Waals surface area contributed by atoms with Crippen LogP contribution in [0.1, 0.15) is 99.6 Å². The van der Waals surface area contributed by atoms with Crippen molar-refractivity contribution in [3.8, 4) is 5.75 Å². The quantitative estimate of drug-likeness (QED) is 0.280. The highest BCUT2D eigenvalue weighted by molar-refractivity contribution is 5.86. The van der Waals surface area contributed by atoms with E-state index in [1.54, 1.807) is 0 Å². The van der Waals surface area contributed by atoms with Crippen LogP contribution >= 0.6 is 0 Å². The molecule has 0 saturated carbocycles. The molecule has 0 amide bonds. The van der Waals surface area contributed by atoms with Crippen LogP contribution in [-0.2, 0) is 9.53 Å². The fourth-order valence-corrected chi connectivity index (χ4v) is 4.48. The standard InChI is InChI=1S/C33H47NO4/c1-10-31(4,5)30(36)37-19-18-32(6,7)33(8,9)22-38-26-16-17-28-25(20-26)21-27(24-14-12-11-13-15-24)29(35)34(28)23(2)3/h12,14-17,20-21,23H,10-11,13,18-19,22H2,1-9H3. The van der Waals surface area contributed by atoms with Crippen molar-refractivity contribution in [2.24, 2.45) is 16.2 Å². The summed E-state index contributed by atoms with van der Waals surface area (Å²) in [6.45, 7) is 19.7. The van der Waals surface area contributed by atoms with Crippen LogP contribution in [0.25, 0.3) is 16.5 Å². The van der Waals surface area contributed by atoms with E-state index in [-0.39, 0.29) is 28.4 Å². The number of ether oxygens (including phenoxy) is 2. The van der Waals surface area contributed by atoms with E-state index in [9.17, 15) is 9.59 Å². The Kier molecular flexibility index (Phi) is 9.00. The molecule has 1 aromatic carbocycles. The molecule has 0 fully saturated rings. The molecule has 0 N–H and O–H groups in total. The van der Waals surface area contributed by atoms with E-state index >= 15 is 0 Å². The second-order valence-corrected chi connectivity index (χ2v) is 12.9. The third kappa shape index (κ3) is 6.42. The minimum Gasteiger partial charge on any atom is -0.493 e. The molecule has 0 saturated heterocycles. The summed E-state index contributed by atoms with van der Waals surface area (Å²) in [6.07, 6.45) is 9.81. The average molecular weight is 522 g/mol. The monoisotopic (exact) mass is 521 g/mol. The Morgan fingerprint density at radius 3 is 2.34 bits per heavy atom. The zero-order chi connectivity index (χ0) is 28.3. The maximum Gasteiger partial charge on any atom is 0.311 e. The molecule has 5 heteroatoms. The molecule has 1 aliphatic carbocycles. The topological polar surface area (TPSA) is 57.5 Å². The molecular formula is C33H47NO4. The Hall–Kier alpha value is -2.82. The molecule has 1 aromatic heterocycles. The van der Waals surface area contributed by atoms with Crippen LogP contribution in [0.4, 0.5) is 0 Å². The van der Waals surface area contributed by atoms with Crippen molar-refractivity contribution in [3.05, 3.63) is 58.4 Å². The van der Waals surface area contributed by atoms with Crippen LogP contribution in [0, 0.1) is 16.2 Å². The molecule has 0 atom stereocenters. The molecule has 2 aromatic rings. The summed E-state index contributed by atoms with van der Waals surface area (Å²) in [6, 6.07) is 8.04. The number of pyridine rings is 1. The number of fused-ring (bicyclic) bond motifs is 1. The number of allylic oxidation sites excluding steroid dienone is 4. The minimum absolute atomic E-state index is 0.0432. The van der Waals surface area contributed by atoms with E-state index in [1.807, 2.05) is 63.5 Å². The molecule has 0 radical (unpaired) electrons. The number of hydrogen-bond donors (Lipinski definition) is 0. The Morgan fingerprint density at radius 1 is 1.03 bits per heavy atom. The maximum atomic E-state index is 13.4. The van der Waals surface area contributed by atoms with Crippen molar-refractivity contribution < 1.29 is 14.3 Å².